The van der Waals surface area contributed by atoms with Crippen molar-refractivity contribution in [3.8, 4) is 17.1 Å². The second-order valence-electron chi connectivity index (χ2n) is 11.3. The molecule has 0 bridgehead atoms. The number of hydrogen-bond acceptors (Lipinski definition) is 9. The second kappa shape index (κ2) is 12.9. The number of nitrogens with one attached hydrogen (secondary N) is 1. The number of aromatic nitrogens is 3. The van der Waals surface area contributed by atoms with Crippen LogP contribution in [0.5, 0.6) is 6.01 Å². The summed E-state index contributed by atoms with van der Waals surface area (Å²) in [6.07, 6.45) is 3.22. The Labute approximate surface area is 267 Å². The van der Waals surface area contributed by atoms with Crippen LogP contribution in [0.3, 0.4) is 0 Å². The number of anilines is 2. The Morgan fingerprint density at radius 1 is 1.13 bits per heavy atom. The predicted molar refractivity (Wildman–Crippen MR) is 171 cm³/mol. The van der Waals surface area contributed by atoms with Crippen LogP contribution in [-0.2, 0) is 0 Å². The van der Waals surface area contributed by atoms with Crippen LogP contribution >= 0.6 is 22.9 Å². The van der Waals surface area contributed by atoms with Crippen molar-refractivity contribution >= 4 is 55.0 Å². The number of nitrogen functional groups attached to an aromatic ring is 1. The van der Waals surface area contributed by atoms with Crippen molar-refractivity contribution in [2.75, 3.05) is 50.0 Å². The largest absolute Gasteiger partial charge is 0.461 e. The third-order valence-electron chi connectivity index (χ3n) is 8.74. The normalized spacial score (nSPS) is 19.4. The fraction of sp³-hybridized carbons (Fsp3) is 0.452. The van der Waals surface area contributed by atoms with Crippen molar-refractivity contribution in [3.63, 3.8) is 0 Å². The summed E-state index contributed by atoms with van der Waals surface area (Å²) in [5, 5.41) is 3.53. The summed E-state index contributed by atoms with van der Waals surface area (Å²) in [5.74, 6) is -0.941. The van der Waals surface area contributed by atoms with Gasteiger partial charge in [0.15, 0.2) is 10.9 Å². The minimum Gasteiger partial charge on any atom is -0.461 e. The van der Waals surface area contributed by atoms with E-state index in [1.807, 2.05) is 13.8 Å². The van der Waals surface area contributed by atoms with E-state index < -0.39 is 23.8 Å². The summed E-state index contributed by atoms with van der Waals surface area (Å²) in [6.45, 7) is 7.38. The van der Waals surface area contributed by atoms with E-state index in [-0.39, 0.29) is 55.1 Å². The SMILES string of the molecule is CC.Nc1nc2c(-c3c(Cl)cc4c(N5CCNC(C=C(F)F)C5)nc(OCC56CCCN5CCC6)nc4c3F)ccc(F)c2s1. The maximum absolute atomic E-state index is 16.7. The minimum atomic E-state index is -1.79. The molecule has 2 aromatic heterocycles. The van der Waals surface area contributed by atoms with Gasteiger partial charge in [-0.3, -0.25) is 4.90 Å². The number of benzene rings is 2. The van der Waals surface area contributed by atoms with Gasteiger partial charge in [-0.1, -0.05) is 36.8 Å². The lowest BCUT2D eigenvalue weighted by Crippen LogP contribution is -2.50. The maximum Gasteiger partial charge on any atom is 0.319 e. The number of fused-ring (bicyclic) bond motifs is 3. The standard InChI is InChI=1S/C29H28ClF4N7OS.C2H6/c30-18-12-17-23(22(34)21(18)16-3-4-19(31)25-24(16)37-27(35)43-25)38-28(42-14-29-5-1-8-41(29)9-2-6-29)39-26(17)40-10-7-36-15(13-40)11-20(32)33;1-2/h3-4,11-12,15,36H,1-2,5-10,13-14H2,(H2,35,37);1-2H3. The highest BCUT2D eigenvalue weighted by molar-refractivity contribution is 7.22. The van der Waals surface area contributed by atoms with Gasteiger partial charge in [0.05, 0.1) is 20.8 Å². The van der Waals surface area contributed by atoms with Crippen molar-refractivity contribution in [2.24, 2.45) is 0 Å². The summed E-state index contributed by atoms with van der Waals surface area (Å²) >= 11 is 7.69. The lowest BCUT2D eigenvalue weighted by Gasteiger charge is -2.34. The molecular weight excluding hydrogens is 630 g/mol. The molecule has 3 N–H and O–H groups in total. The maximum atomic E-state index is 16.7. The first-order chi connectivity index (χ1) is 21.7. The Hall–Kier alpha value is -3.26. The van der Waals surface area contributed by atoms with Gasteiger partial charge in [0.1, 0.15) is 23.8 Å². The van der Waals surface area contributed by atoms with Gasteiger partial charge >= 0.3 is 6.01 Å². The van der Waals surface area contributed by atoms with Gasteiger partial charge in [-0.2, -0.15) is 18.7 Å². The van der Waals surface area contributed by atoms with Gasteiger partial charge in [-0.05, 0) is 63.0 Å². The fourth-order valence-corrected chi connectivity index (χ4v) is 7.86. The molecule has 4 aromatic rings. The Bertz CT molecular complexity index is 1760. The molecule has 3 fully saturated rings. The summed E-state index contributed by atoms with van der Waals surface area (Å²) in [6, 6.07) is 3.55. The molecule has 240 valence electrons. The monoisotopic (exact) mass is 663 g/mol. The molecule has 3 aliphatic rings. The van der Waals surface area contributed by atoms with Crippen LogP contribution in [0.2, 0.25) is 5.02 Å². The van der Waals surface area contributed by atoms with Crippen LogP contribution in [0.4, 0.5) is 28.5 Å². The molecule has 0 amide bonds. The number of thiazole rings is 1. The average molecular weight is 664 g/mol. The molecule has 0 radical (unpaired) electrons. The van der Waals surface area contributed by atoms with Crippen molar-refractivity contribution in [1.82, 2.24) is 25.2 Å². The van der Waals surface area contributed by atoms with E-state index in [1.54, 1.807) is 11.0 Å². The van der Waals surface area contributed by atoms with Gasteiger partial charge in [0.2, 0.25) is 0 Å². The van der Waals surface area contributed by atoms with E-state index in [0.29, 0.717) is 30.9 Å². The van der Waals surface area contributed by atoms with E-state index in [0.717, 1.165) is 56.2 Å². The van der Waals surface area contributed by atoms with E-state index in [2.05, 4.69) is 20.2 Å². The predicted octanol–water partition coefficient (Wildman–Crippen LogP) is 7.01. The lowest BCUT2D eigenvalue weighted by molar-refractivity contribution is 0.108. The first-order valence-electron chi connectivity index (χ1n) is 15.2. The van der Waals surface area contributed by atoms with E-state index in [9.17, 15) is 13.2 Å². The van der Waals surface area contributed by atoms with Gasteiger partial charge in [-0.25, -0.2) is 13.8 Å². The smallest absolute Gasteiger partial charge is 0.319 e. The van der Waals surface area contributed by atoms with Gasteiger partial charge in [0, 0.05) is 42.2 Å². The molecule has 0 spiro atoms. The minimum absolute atomic E-state index is 0.00274. The van der Waals surface area contributed by atoms with Crippen LogP contribution in [-0.4, -0.2) is 70.8 Å². The topological polar surface area (TPSA) is 92.4 Å². The molecule has 45 heavy (non-hydrogen) atoms. The number of hydrogen-bond donors (Lipinski definition) is 2. The lowest BCUT2D eigenvalue weighted by atomic mass is 9.95. The zero-order chi connectivity index (χ0) is 31.9. The van der Waals surface area contributed by atoms with Crippen LogP contribution in [0.1, 0.15) is 39.5 Å². The second-order valence-corrected chi connectivity index (χ2v) is 12.7. The Balaban J connectivity index is 0.00000175. The fourth-order valence-electron chi connectivity index (χ4n) is 6.80. The number of nitrogens with two attached hydrogens (primary N) is 1. The molecule has 2 aromatic carbocycles. The molecule has 3 aliphatic heterocycles. The molecule has 8 nitrogen and oxygen atoms in total. The molecule has 1 atom stereocenters. The molecule has 14 heteroatoms. The van der Waals surface area contributed by atoms with Crippen LogP contribution in [0.15, 0.2) is 30.4 Å². The summed E-state index contributed by atoms with van der Waals surface area (Å²) in [5.41, 5.74) is 6.19. The van der Waals surface area contributed by atoms with Crippen molar-refractivity contribution < 1.29 is 22.3 Å². The number of halogens is 5. The number of nitrogens with zero attached hydrogens (tertiary/aromatic N) is 5. The summed E-state index contributed by atoms with van der Waals surface area (Å²) < 4.78 is 63.9. The average Bonchev–Trinajstić information content (AvgIpc) is 3.72. The zero-order valence-corrected chi connectivity index (χ0v) is 26.5. The quantitative estimate of drug-likeness (QED) is 0.213. The molecule has 1 unspecified atom stereocenters. The molecule has 5 heterocycles. The van der Waals surface area contributed by atoms with E-state index in [1.165, 1.54) is 12.1 Å². The molecule has 0 aliphatic carbocycles. The van der Waals surface area contributed by atoms with Gasteiger partial charge in [-0.15, -0.1) is 0 Å². The number of rotatable bonds is 6. The third kappa shape index (κ3) is 5.91. The van der Waals surface area contributed by atoms with Crippen molar-refractivity contribution in [3.05, 3.63) is 47.0 Å². The van der Waals surface area contributed by atoms with Crippen molar-refractivity contribution in [2.45, 2.75) is 51.1 Å². The zero-order valence-electron chi connectivity index (χ0n) is 25.0. The molecule has 0 saturated carbocycles. The molecule has 7 rings (SSSR count). The third-order valence-corrected chi connectivity index (χ3v) is 9.93. The van der Waals surface area contributed by atoms with E-state index in [4.69, 9.17) is 27.1 Å². The van der Waals surface area contributed by atoms with Crippen LogP contribution < -0.4 is 20.7 Å². The van der Waals surface area contributed by atoms with E-state index >= 15 is 4.39 Å². The Morgan fingerprint density at radius 2 is 1.89 bits per heavy atom. The highest BCUT2D eigenvalue weighted by atomic mass is 35.5. The first-order valence-corrected chi connectivity index (χ1v) is 16.4. The first kappa shape index (κ1) is 31.7. The number of ether oxygens (including phenoxy) is 1. The molecule has 3 saturated heterocycles. The highest BCUT2D eigenvalue weighted by Crippen LogP contribution is 2.43. The Morgan fingerprint density at radius 3 is 2.62 bits per heavy atom. The number of piperazine rings is 1. The molecular formula is C31H34ClF4N7OS. The van der Waals surface area contributed by atoms with Crippen molar-refractivity contribution in [1.29, 1.82) is 0 Å². The summed E-state index contributed by atoms with van der Waals surface area (Å²) in [4.78, 5) is 17.7. The van der Waals surface area contributed by atoms with Crippen LogP contribution in [0.25, 0.3) is 32.2 Å². The van der Waals surface area contributed by atoms with Gasteiger partial charge in [0.25, 0.3) is 6.08 Å². The van der Waals surface area contributed by atoms with Crippen LogP contribution in [0, 0.1) is 11.6 Å². The Kier molecular flexibility index (Phi) is 9.06. The highest BCUT2D eigenvalue weighted by Gasteiger charge is 2.45. The summed E-state index contributed by atoms with van der Waals surface area (Å²) in [7, 11) is 0. The van der Waals surface area contributed by atoms with Gasteiger partial charge < -0.3 is 20.7 Å².